The molecule has 0 unspecified atom stereocenters. The van der Waals surface area contributed by atoms with Gasteiger partial charge in [-0.15, -0.1) is 0 Å². The monoisotopic (exact) mass is 227 g/mol. The highest BCUT2D eigenvalue weighted by Crippen LogP contribution is 2.17. The second kappa shape index (κ2) is 7.25. The van der Waals surface area contributed by atoms with Crippen LogP contribution in [0.2, 0.25) is 0 Å². The van der Waals surface area contributed by atoms with Crippen molar-refractivity contribution in [2.24, 2.45) is 5.92 Å². The summed E-state index contributed by atoms with van der Waals surface area (Å²) in [6, 6.07) is 0.617. The average Bonchev–Trinajstić information content (AvgIpc) is 2.19. The molecule has 0 spiro atoms. The highest BCUT2D eigenvalue weighted by Gasteiger charge is 2.18. The summed E-state index contributed by atoms with van der Waals surface area (Å²) in [5, 5.41) is 3.49. The smallest absolute Gasteiger partial charge is 0.0107 e. The van der Waals surface area contributed by atoms with E-state index in [0.717, 1.165) is 12.5 Å². The Morgan fingerprint density at radius 2 is 1.88 bits per heavy atom. The third-order valence-electron chi connectivity index (χ3n) is 3.31. The number of nitrogens with zero attached hydrogens (tertiary/aromatic N) is 2. The quantitative estimate of drug-likeness (QED) is 0.737. The lowest BCUT2D eigenvalue weighted by Crippen LogP contribution is -2.41. The fourth-order valence-corrected chi connectivity index (χ4v) is 2.42. The van der Waals surface area contributed by atoms with Gasteiger partial charge in [0, 0.05) is 25.7 Å². The standard InChI is InChI=1S/C13H29N3/c1-12(2)14-7-10-16-8-5-13(6-9-16)11-15(3)4/h12-14H,5-11H2,1-4H3. The van der Waals surface area contributed by atoms with Gasteiger partial charge in [-0.1, -0.05) is 13.8 Å². The lowest BCUT2D eigenvalue weighted by atomic mass is 9.96. The maximum absolute atomic E-state index is 3.49. The van der Waals surface area contributed by atoms with Gasteiger partial charge in [0.05, 0.1) is 0 Å². The predicted molar refractivity (Wildman–Crippen MR) is 70.9 cm³/mol. The molecule has 0 aromatic rings. The minimum absolute atomic E-state index is 0.617. The van der Waals surface area contributed by atoms with E-state index in [4.69, 9.17) is 0 Å². The summed E-state index contributed by atoms with van der Waals surface area (Å²) >= 11 is 0. The van der Waals surface area contributed by atoms with Crippen LogP contribution in [0.1, 0.15) is 26.7 Å². The number of piperidine rings is 1. The zero-order chi connectivity index (χ0) is 12.0. The van der Waals surface area contributed by atoms with Crippen molar-refractivity contribution in [2.75, 3.05) is 46.8 Å². The van der Waals surface area contributed by atoms with Gasteiger partial charge in [0.15, 0.2) is 0 Å². The zero-order valence-electron chi connectivity index (χ0n) is 11.5. The SMILES string of the molecule is CC(C)NCCN1CCC(CN(C)C)CC1. The van der Waals surface area contributed by atoms with Crippen molar-refractivity contribution in [1.29, 1.82) is 0 Å². The molecule has 0 atom stereocenters. The molecule has 0 saturated carbocycles. The van der Waals surface area contributed by atoms with E-state index in [1.165, 1.54) is 39.0 Å². The van der Waals surface area contributed by atoms with Crippen LogP contribution in [0.3, 0.4) is 0 Å². The van der Waals surface area contributed by atoms with Crippen molar-refractivity contribution in [2.45, 2.75) is 32.7 Å². The number of likely N-dealkylation sites (tertiary alicyclic amines) is 1. The van der Waals surface area contributed by atoms with Crippen LogP contribution in [-0.2, 0) is 0 Å². The van der Waals surface area contributed by atoms with Crippen LogP contribution >= 0.6 is 0 Å². The molecule has 3 nitrogen and oxygen atoms in total. The lowest BCUT2D eigenvalue weighted by Gasteiger charge is -2.33. The van der Waals surface area contributed by atoms with Crippen LogP contribution in [-0.4, -0.2) is 62.7 Å². The number of hydrogen-bond acceptors (Lipinski definition) is 3. The largest absolute Gasteiger partial charge is 0.313 e. The first kappa shape index (κ1) is 13.9. The van der Waals surface area contributed by atoms with Gasteiger partial charge in [-0.05, 0) is 45.9 Å². The first-order valence-electron chi connectivity index (χ1n) is 6.68. The predicted octanol–water partition coefficient (Wildman–Crippen LogP) is 1.26. The maximum atomic E-state index is 3.49. The summed E-state index contributed by atoms with van der Waals surface area (Å²) in [6.45, 7) is 10.6. The van der Waals surface area contributed by atoms with Crippen LogP contribution in [0.25, 0.3) is 0 Å². The molecule has 0 bridgehead atoms. The molecule has 0 radical (unpaired) electrons. The number of rotatable bonds is 6. The second-order valence-corrected chi connectivity index (χ2v) is 5.66. The maximum Gasteiger partial charge on any atom is 0.0107 e. The van der Waals surface area contributed by atoms with Gasteiger partial charge in [-0.3, -0.25) is 0 Å². The van der Waals surface area contributed by atoms with Crippen molar-refractivity contribution >= 4 is 0 Å². The molecule has 96 valence electrons. The molecule has 0 aromatic heterocycles. The average molecular weight is 227 g/mol. The first-order valence-corrected chi connectivity index (χ1v) is 6.68. The molecule has 1 rings (SSSR count). The van der Waals surface area contributed by atoms with E-state index in [2.05, 4.69) is 43.1 Å². The Labute approximate surface area is 101 Å². The molecule has 3 heteroatoms. The zero-order valence-corrected chi connectivity index (χ0v) is 11.5. The van der Waals surface area contributed by atoms with Crippen LogP contribution < -0.4 is 5.32 Å². The normalized spacial score (nSPS) is 19.9. The first-order chi connectivity index (χ1) is 7.58. The molecular weight excluding hydrogens is 198 g/mol. The molecule has 1 fully saturated rings. The van der Waals surface area contributed by atoms with E-state index in [9.17, 15) is 0 Å². The molecule has 1 aliphatic heterocycles. The number of nitrogens with one attached hydrogen (secondary N) is 1. The molecule has 1 N–H and O–H groups in total. The highest BCUT2D eigenvalue weighted by atomic mass is 15.1. The fraction of sp³-hybridized carbons (Fsp3) is 1.00. The Morgan fingerprint density at radius 3 is 2.38 bits per heavy atom. The lowest BCUT2D eigenvalue weighted by molar-refractivity contribution is 0.162. The van der Waals surface area contributed by atoms with Crippen molar-refractivity contribution in [1.82, 2.24) is 15.1 Å². The van der Waals surface area contributed by atoms with Crippen LogP contribution in [0.4, 0.5) is 0 Å². The third kappa shape index (κ3) is 5.83. The molecule has 0 aliphatic carbocycles. The Bertz CT molecular complexity index is 172. The van der Waals surface area contributed by atoms with Crippen LogP contribution in [0.15, 0.2) is 0 Å². The van der Waals surface area contributed by atoms with E-state index in [-0.39, 0.29) is 0 Å². The van der Waals surface area contributed by atoms with Gasteiger partial charge in [0.25, 0.3) is 0 Å². The van der Waals surface area contributed by atoms with Crippen molar-refractivity contribution in [3.63, 3.8) is 0 Å². The number of hydrogen-bond donors (Lipinski definition) is 1. The molecule has 16 heavy (non-hydrogen) atoms. The van der Waals surface area contributed by atoms with E-state index in [1.54, 1.807) is 0 Å². The van der Waals surface area contributed by atoms with Crippen LogP contribution in [0.5, 0.6) is 0 Å². The van der Waals surface area contributed by atoms with E-state index in [0.29, 0.717) is 6.04 Å². The fourth-order valence-electron chi connectivity index (χ4n) is 2.42. The Kier molecular flexibility index (Phi) is 6.32. The molecule has 0 aromatic carbocycles. The summed E-state index contributed by atoms with van der Waals surface area (Å²) in [5.41, 5.74) is 0. The molecule has 1 saturated heterocycles. The van der Waals surface area contributed by atoms with E-state index < -0.39 is 0 Å². The summed E-state index contributed by atoms with van der Waals surface area (Å²) in [6.07, 6.45) is 2.75. The molecule has 0 amide bonds. The van der Waals surface area contributed by atoms with Gasteiger partial charge >= 0.3 is 0 Å². The summed E-state index contributed by atoms with van der Waals surface area (Å²) in [4.78, 5) is 4.92. The summed E-state index contributed by atoms with van der Waals surface area (Å²) in [7, 11) is 4.36. The second-order valence-electron chi connectivity index (χ2n) is 5.66. The van der Waals surface area contributed by atoms with Gasteiger partial charge in [0.2, 0.25) is 0 Å². The van der Waals surface area contributed by atoms with Gasteiger partial charge < -0.3 is 15.1 Å². The van der Waals surface area contributed by atoms with Gasteiger partial charge in [-0.2, -0.15) is 0 Å². The minimum Gasteiger partial charge on any atom is -0.313 e. The summed E-state index contributed by atoms with van der Waals surface area (Å²) < 4.78 is 0. The molecule has 1 heterocycles. The van der Waals surface area contributed by atoms with Gasteiger partial charge in [-0.25, -0.2) is 0 Å². The summed E-state index contributed by atoms with van der Waals surface area (Å²) in [5.74, 6) is 0.921. The molecule has 1 aliphatic rings. The van der Waals surface area contributed by atoms with Crippen molar-refractivity contribution in [3.8, 4) is 0 Å². The Morgan fingerprint density at radius 1 is 1.25 bits per heavy atom. The third-order valence-corrected chi connectivity index (χ3v) is 3.31. The Hall–Kier alpha value is -0.120. The van der Waals surface area contributed by atoms with Gasteiger partial charge in [0.1, 0.15) is 0 Å². The van der Waals surface area contributed by atoms with Crippen LogP contribution in [0, 0.1) is 5.92 Å². The van der Waals surface area contributed by atoms with E-state index >= 15 is 0 Å². The topological polar surface area (TPSA) is 18.5 Å². The van der Waals surface area contributed by atoms with E-state index in [1.807, 2.05) is 0 Å². The molecular formula is C13H29N3. The minimum atomic E-state index is 0.617. The van der Waals surface area contributed by atoms with Crippen molar-refractivity contribution < 1.29 is 0 Å². The highest BCUT2D eigenvalue weighted by molar-refractivity contribution is 4.74. The van der Waals surface area contributed by atoms with Crippen molar-refractivity contribution in [3.05, 3.63) is 0 Å². The Balaban J connectivity index is 2.07.